The summed E-state index contributed by atoms with van der Waals surface area (Å²) < 4.78 is 0. The fourth-order valence-electron chi connectivity index (χ4n) is 4.45. The zero-order chi connectivity index (χ0) is 20.9. The van der Waals surface area contributed by atoms with Gasteiger partial charge in [-0.25, -0.2) is 0 Å². The molecule has 0 saturated carbocycles. The molecule has 0 radical (unpaired) electrons. The molecule has 1 saturated heterocycles. The molecule has 2 aromatic carbocycles. The third-order valence-corrected chi connectivity index (χ3v) is 6.01. The van der Waals surface area contributed by atoms with Gasteiger partial charge < -0.3 is 10.2 Å². The standard InChI is InChI=1S/C25H32N2O2/c1-4-8-23(28)27-16-7-15-25(18-27,24(29)26-3)17-21-9-5-6-10-22(21)20-13-11-19(2)12-14-20/h5-6,9-14H,4,7-8,15-18H2,1-3H3,(H,26,29). The monoisotopic (exact) mass is 392 g/mol. The molecular formula is C25H32N2O2. The normalized spacial score (nSPS) is 19.1. The van der Waals surface area contributed by atoms with E-state index in [4.69, 9.17) is 0 Å². The van der Waals surface area contributed by atoms with Gasteiger partial charge in [-0.15, -0.1) is 0 Å². The Bertz CT molecular complexity index is 859. The first kappa shape index (κ1) is 21.1. The van der Waals surface area contributed by atoms with E-state index in [2.05, 4.69) is 48.6 Å². The van der Waals surface area contributed by atoms with E-state index in [0.717, 1.165) is 42.5 Å². The molecule has 1 aliphatic heterocycles. The van der Waals surface area contributed by atoms with Crippen molar-refractivity contribution >= 4 is 11.8 Å². The number of nitrogens with zero attached hydrogens (tertiary/aromatic N) is 1. The van der Waals surface area contributed by atoms with Gasteiger partial charge >= 0.3 is 0 Å². The van der Waals surface area contributed by atoms with Gasteiger partial charge in [0.1, 0.15) is 0 Å². The maximum Gasteiger partial charge on any atom is 0.228 e. The lowest BCUT2D eigenvalue weighted by Crippen LogP contribution is -2.54. The molecule has 2 aromatic rings. The Morgan fingerprint density at radius 3 is 2.52 bits per heavy atom. The van der Waals surface area contributed by atoms with Crippen molar-refractivity contribution in [2.75, 3.05) is 20.1 Å². The van der Waals surface area contributed by atoms with Gasteiger partial charge in [0.2, 0.25) is 11.8 Å². The summed E-state index contributed by atoms with van der Waals surface area (Å²) in [4.78, 5) is 27.5. The second-order valence-electron chi connectivity index (χ2n) is 8.23. The van der Waals surface area contributed by atoms with E-state index in [-0.39, 0.29) is 11.8 Å². The molecule has 4 heteroatoms. The molecule has 1 heterocycles. The molecule has 1 N–H and O–H groups in total. The molecule has 0 bridgehead atoms. The molecule has 2 amide bonds. The van der Waals surface area contributed by atoms with Crippen LogP contribution < -0.4 is 5.32 Å². The van der Waals surface area contributed by atoms with Crippen molar-refractivity contribution < 1.29 is 9.59 Å². The number of carbonyl (C=O) groups is 2. The maximum atomic E-state index is 13.1. The number of amides is 2. The Labute approximate surface area is 174 Å². The predicted molar refractivity (Wildman–Crippen MR) is 118 cm³/mol. The van der Waals surface area contributed by atoms with Crippen LogP contribution in [0.25, 0.3) is 11.1 Å². The summed E-state index contributed by atoms with van der Waals surface area (Å²) in [5.41, 5.74) is 4.12. The number of aryl methyl sites for hydroxylation is 1. The average Bonchev–Trinajstić information content (AvgIpc) is 2.74. The van der Waals surface area contributed by atoms with Crippen LogP contribution >= 0.6 is 0 Å². The second-order valence-corrected chi connectivity index (χ2v) is 8.23. The Hall–Kier alpha value is -2.62. The highest BCUT2D eigenvalue weighted by Gasteiger charge is 2.43. The molecule has 0 aromatic heterocycles. The minimum absolute atomic E-state index is 0.0326. The van der Waals surface area contributed by atoms with Gasteiger partial charge in [-0.05, 0) is 49.3 Å². The molecular weight excluding hydrogens is 360 g/mol. The summed E-state index contributed by atoms with van der Waals surface area (Å²) >= 11 is 0. The van der Waals surface area contributed by atoms with Gasteiger partial charge in [-0.1, -0.05) is 61.0 Å². The average molecular weight is 393 g/mol. The fraction of sp³-hybridized carbons (Fsp3) is 0.440. The number of piperidine rings is 1. The van der Waals surface area contributed by atoms with Crippen LogP contribution in [-0.2, 0) is 16.0 Å². The third kappa shape index (κ3) is 4.69. The van der Waals surface area contributed by atoms with E-state index in [1.54, 1.807) is 7.05 Å². The lowest BCUT2D eigenvalue weighted by atomic mass is 9.73. The van der Waals surface area contributed by atoms with Crippen LogP contribution in [0.1, 0.15) is 43.7 Å². The van der Waals surface area contributed by atoms with E-state index in [9.17, 15) is 9.59 Å². The van der Waals surface area contributed by atoms with Crippen LogP contribution in [0.5, 0.6) is 0 Å². The number of hydrogen-bond donors (Lipinski definition) is 1. The van der Waals surface area contributed by atoms with Gasteiger partial charge in [0.25, 0.3) is 0 Å². The van der Waals surface area contributed by atoms with Crippen molar-refractivity contribution in [3.63, 3.8) is 0 Å². The first-order valence-corrected chi connectivity index (χ1v) is 10.6. The van der Waals surface area contributed by atoms with Crippen LogP contribution in [-0.4, -0.2) is 36.9 Å². The van der Waals surface area contributed by atoms with Crippen LogP contribution in [0, 0.1) is 12.3 Å². The molecule has 0 spiro atoms. The Morgan fingerprint density at radius 1 is 1.10 bits per heavy atom. The molecule has 0 aliphatic carbocycles. The summed E-state index contributed by atoms with van der Waals surface area (Å²) in [7, 11) is 1.70. The van der Waals surface area contributed by atoms with Gasteiger partial charge in [0, 0.05) is 26.6 Å². The number of rotatable bonds is 6. The quantitative estimate of drug-likeness (QED) is 0.794. The van der Waals surface area contributed by atoms with Crippen LogP contribution in [0.15, 0.2) is 48.5 Å². The maximum absolute atomic E-state index is 13.1. The summed E-state index contributed by atoms with van der Waals surface area (Å²) in [6, 6.07) is 16.8. The smallest absolute Gasteiger partial charge is 0.228 e. The highest BCUT2D eigenvalue weighted by molar-refractivity contribution is 5.85. The third-order valence-electron chi connectivity index (χ3n) is 6.01. The van der Waals surface area contributed by atoms with E-state index in [0.29, 0.717) is 19.4 Å². The van der Waals surface area contributed by atoms with Crippen molar-refractivity contribution in [2.24, 2.45) is 5.41 Å². The topological polar surface area (TPSA) is 49.4 Å². The highest BCUT2D eigenvalue weighted by Crippen LogP contribution is 2.37. The van der Waals surface area contributed by atoms with Crippen molar-refractivity contribution in [1.82, 2.24) is 10.2 Å². The van der Waals surface area contributed by atoms with Crippen molar-refractivity contribution in [1.29, 1.82) is 0 Å². The first-order chi connectivity index (χ1) is 14.0. The number of likely N-dealkylation sites (tertiary alicyclic amines) is 1. The summed E-state index contributed by atoms with van der Waals surface area (Å²) in [6.07, 6.45) is 3.66. The first-order valence-electron chi connectivity index (χ1n) is 10.6. The number of carbonyl (C=O) groups excluding carboxylic acids is 2. The minimum Gasteiger partial charge on any atom is -0.359 e. The van der Waals surface area contributed by atoms with Gasteiger partial charge in [-0.3, -0.25) is 9.59 Å². The molecule has 4 nitrogen and oxygen atoms in total. The van der Waals surface area contributed by atoms with Gasteiger partial charge in [0.15, 0.2) is 0 Å². The summed E-state index contributed by atoms with van der Waals surface area (Å²) in [5.74, 6) is 0.192. The van der Waals surface area contributed by atoms with Crippen LogP contribution in [0.4, 0.5) is 0 Å². The SMILES string of the molecule is CCCC(=O)N1CCCC(Cc2ccccc2-c2ccc(C)cc2)(C(=O)NC)C1. The Morgan fingerprint density at radius 2 is 1.83 bits per heavy atom. The largest absolute Gasteiger partial charge is 0.359 e. The molecule has 1 unspecified atom stereocenters. The van der Waals surface area contributed by atoms with Gasteiger partial charge in [-0.2, -0.15) is 0 Å². The van der Waals surface area contributed by atoms with E-state index < -0.39 is 5.41 Å². The minimum atomic E-state index is -0.586. The lowest BCUT2D eigenvalue weighted by molar-refractivity contribution is -0.141. The number of nitrogens with one attached hydrogen (secondary N) is 1. The Balaban J connectivity index is 1.95. The number of benzene rings is 2. The molecule has 1 fully saturated rings. The molecule has 154 valence electrons. The second kappa shape index (κ2) is 9.25. The van der Waals surface area contributed by atoms with Crippen molar-refractivity contribution in [3.05, 3.63) is 59.7 Å². The van der Waals surface area contributed by atoms with Crippen molar-refractivity contribution in [2.45, 2.75) is 46.0 Å². The predicted octanol–water partition coefficient (Wildman–Crippen LogP) is 4.36. The lowest BCUT2D eigenvalue weighted by Gasteiger charge is -2.42. The van der Waals surface area contributed by atoms with E-state index >= 15 is 0 Å². The van der Waals surface area contributed by atoms with Crippen molar-refractivity contribution in [3.8, 4) is 11.1 Å². The number of hydrogen-bond acceptors (Lipinski definition) is 2. The Kier molecular flexibility index (Phi) is 6.73. The fourth-order valence-corrected chi connectivity index (χ4v) is 4.45. The van der Waals surface area contributed by atoms with Gasteiger partial charge in [0.05, 0.1) is 5.41 Å². The van der Waals surface area contributed by atoms with E-state index in [1.165, 1.54) is 5.56 Å². The molecule has 1 atom stereocenters. The molecule has 1 aliphatic rings. The zero-order valence-electron chi connectivity index (χ0n) is 17.8. The summed E-state index contributed by atoms with van der Waals surface area (Å²) in [5, 5.41) is 2.88. The van der Waals surface area contributed by atoms with Crippen LogP contribution in [0.2, 0.25) is 0 Å². The molecule has 3 rings (SSSR count). The zero-order valence-corrected chi connectivity index (χ0v) is 17.8. The van der Waals surface area contributed by atoms with E-state index in [1.807, 2.05) is 24.0 Å². The summed E-state index contributed by atoms with van der Waals surface area (Å²) in [6.45, 7) is 5.34. The highest BCUT2D eigenvalue weighted by atomic mass is 16.2. The molecule has 29 heavy (non-hydrogen) atoms. The van der Waals surface area contributed by atoms with Crippen LogP contribution in [0.3, 0.4) is 0 Å².